The number of nitro benzene ring substituents is 1. The summed E-state index contributed by atoms with van der Waals surface area (Å²) in [5.41, 5.74) is 2.43. The van der Waals surface area contributed by atoms with E-state index in [4.69, 9.17) is 0 Å². The van der Waals surface area contributed by atoms with Crippen LogP contribution in [-0.2, 0) is 0 Å². The minimum absolute atomic E-state index is 0.0303. The van der Waals surface area contributed by atoms with Crippen LogP contribution in [0.3, 0.4) is 0 Å². The predicted molar refractivity (Wildman–Crippen MR) is 105 cm³/mol. The van der Waals surface area contributed by atoms with E-state index in [2.05, 4.69) is 0 Å². The second kappa shape index (κ2) is 8.27. The van der Waals surface area contributed by atoms with Gasteiger partial charge in [0.05, 0.1) is 11.0 Å². The number of hydrogen-bond acceptors (Lipinski definition) is 3. The van der Waals surface area contributed by atoms with Crippen LogP contribution in [0.25, 0.3) is 0 Å². The van der Waals surface area contributed by atoms with E-state index in [9.17, 15) is 14.9 Å². The standard InChI is InChI=1S/C22H20N2O3/c1-2-23(22(25)19-13-15-20(16-14-19)24(26)27)21(17-9-5-3-6-10-17)18-11-7-4-8-12-18/h3-16,21H,2H2,1H3. The summed E-state index contributed by atoms with van der Waals surface area (Å²) >= 11 is 0. The molecule has 0 heterocycles. The molecule has 136 valence electrons. The van der Waals surface area contributed by atoms with E-state index in [1.165, 1.54) is 24.3 Å². The first kappa shape index (κ1) is 18.3. The maximum absolute atomic E-state index is 13.2. The van der Waals surface area contributed by atoms with Crippen LogP contribution < -0.4 is 0 Å². The van der Waals surface area contributed by atoms with Crippen molar-refractivity contribution in [2.75, 3.05) is 6.54 Å². The number of carbonyl (C=O) groups excluding carboxylic acids is 1. The molecule has 0 aromatic heterocycles. The van der Waals surface area contributed by atoms with Crippen LogP contribution in [0.1, 0.15) is 34.5 Å². The van der Waals surface area contributed by atoms with E-state index < -0.39 is 4.92 Å². The summed E-state index contributed by atoms with van der Waals surface area (Å²) in [6.45, 7) is 2.44. The summed E-state index contributed by atoms with van der Waals surface area (Å²) < 4.78 is 0. The highest BCUT2D eigenvalue weighted by Gasteiger charge is 2.26. The second-order valence-electron chi connectivity index (χ2n) is 6.12. The number of non-ortho nitro benzene ring substituents is 1. The molecule has 0 atom stereocenters. The molecule has 1 amide bonds. The van der Waals surface area contributed by atoms with Gasteiger partial charge in [0.25, 0.3) is 11.6 Å². The van der Waals surface area contributed by atoms with Gasteiger partial charge in [-0.3, -0.25) is 14.9 Å². The van der Waals surface area contributed by atoms with Gasteiger partial charge >= 0.3 is 0 Å². The lowest BCUT2D eigenvalue weighted by atomic mass is 9.96. The summed E-state index contributed by atoms with van der Waals surface area (Å²) in [7, 11) is 0. The van der Waals surface area contributed by atoms with Gasteiger partial charge in [-0.15, -0.1) is 0 Å². The van der Waals surface area contributed by atoms with Gasteiger partial charge in [0.2, 0.25) is 0 Å². The van der Waals surface area contributed by atoms with Crippen LogP contribution in [0.5, 0.6) is 0 Å². The lowest BCUT2D eigenvalue weighted by molar-refractivity contribution is -0.384. The molecule has 0 aliphatic rings. The number of nitrogens with zero attached hydrogens (tertiary/aromatic N) is 2. The summed E-state index contributed by atoms with van der Waals surface area (Å²) in [6.07, 6.45) is 0. The summed E-state index contributed by atoms with van der Waals surface area (Å²) in [5.74, 6) is -0.162. The molecule has 0 aliphatic heterocycles. The molecule has 0 aliphatic carbocycles. The monoisotopic (exact) mass is 360 g/mol. The molecule has 3 aromatic carbocycles. The maximum Gasteiger partial charge on any atom is 0.269 e. The van der Waals surface area contributed by atoms with Crippen molar-refractivity contribution in [3.63, 3.8) is 0 Å². The van der Waals surface area contributed by atoms with Crippen molar-refractivity contribution < 1.29 is 9.72 Å². The number of rotatable bonds is 6. The lowest BCUT2D eigenvalue weighted by Crippen LogP contribution is -2.35. The first-order chi connectivity index (χ1) is 13.1. The largest absolute Gasteiger partial charge is 0.328 e. The molecule has 0 bridgehead atoms. The van der Waals surface area contributed by atoms with Crippen molar-refractivity contribution in [2.45, 2.75) is 13.0 Å². The zero-order valence-electron chi connectivity index (χ0n) is 15.0. The van der Waals surface area contributed by atoms with Gasteiger partial charge in [-0.05, 0) is 30.2 Å². The zero-order valence-corrected chi connectivity index (χ0v) is 15.0. The Balaban J connectivity index is 2.01. The Morgan fingerprint density at radius 2 is 1.37 bits per heavy atom. The predicted octanol–water partition coefficient (Wildman–Crippen LogP) is 4.85. The van der Waals surface area contributed by atoms with Crippen LogP contribution in [0.4, 0.5) is 5.69 Å². The van der Waals surface area contributed by atoms with Gasteiger partial charge in [0.15, 0.2) is 0 Å². The molecular formula is C22H20N2O3. The molecular weight excluding hydrogens is 340 g/mol. The van der Waals surface area contributed by atoms with Gasteiger partial charge in [0, 0.05) is 24.2 Å². The van der Waals surface area contributed by atoms with E-state index in [1.807, 2.05) is 67.6 Å². The van der Waals surface area contributed by atoms with Gasteiger partial charge < -0.3 is 4.90 Å². The van der Waals surface area contributed by atoms with Crippen LogP contribution in [0.2, 0.25) is 0 Å². The Kier molecular flexibility index (Phi) is 5.61. The van der Waals surface area contributed by atoms with Crippen LogP contribution >= 0.6 is 0 Å². The molecule has 5 heteroatoms. The number of hydrogen-bond donors (Lipinski definition) is 0. The third-order valence-corrected chi connectivity index (χ3v) is 4.47. The zero-order chi connectivity index (χ0) is 19.2. The number of nitro groups is 1. The Bertz CT molecular complexity index is 870. The minimum Gasteiger partial charge on any atom is -0.328 e. The third kappa shape index (κ3) is 4.03. The van der Waals surface area contributed by atoms with Crippen LogP contribution in [0, 0.1) is 10.1 Å². The fourth-order valence-corrected chi connectivity index (χ4v) is 3.16. The second-order valence-corrected chi connectivity index (χ2v) is 6.12. The molecule has 0 fully saturated rings. The Morgan fingerprint density at radius 1 is 0.889 bits per heavy atom. The fourth-order valence-electron chi connectivity index (χ4n) is 3.16. The summed E-state index contributed by atoms with van der Waals surface area (Å²) in [6, 6.07) is 25.2. The van der Waals surface area contributed by atoms with E-state index >= 15 is 0 Å². The normalized spacial score (nSPS) is 10.6. The average molecular weight is 360 g/mol. The molecule has 27 heavy (non-hydrogen) atoms. The molecule has 0 radical (unpaired) electrons. The summed E-state index contributed by atoms with van der Waals surface area (Å²) in [5, 5.41) is 10.9. The number of benzene rings is 3. The maximum atomic E-state index is 13.2. The first-order valence-corrected chi connectivity index (χ1v) is 8.77. The Labute approximate surface area is 158 Å². The van der Waals surface area contributed by atoms with Crippen LogP contribution in [-0.4, -0.2) is 22.3 Å². The lowest BCUT2D eigenvalue weighted by Gasteiger charge is -2.32. The van der Waals surface area contributed by atoms with Gasteiger partial charge in [-0.1, -0.05) is 60.7 Å². The Morgan fingerprint density at radius 3 is 1.78 bits per heavy atom. The van der Waals surface area contributed by atoms with E-state index in [0.29, 0.717) is 12.1 Å². The van der Waals surface area contributed by atoms with Crippen molar-refractivity contribution in [2.24, 2.45) is 0 Å². The topological polar surface area (TPSA) is 63.5 Å². The molecule has 0 N–H and O–H groups in total. The quantitative estimate of drug-likeness (QED) is 0.466. The molecule has 3 rings (SSSR count). The molecule has 0 unspecified atom stereocenters. The first-order valence-electron chi connectivity index (χ1n) is 8.77. The number of amides is 1. The summed E-state index contributed by atoms with van der Waals surface area (Å²) in [4.78, 5) is 25.4. The molecule has 0 spiro atoms. The molecule has 5 nitrogen and oxygen atoms in total. The molecule has 3 aromatic rings. The highest BCUT2D eigenvalue weighted by atomic mass is 16.6. The van der Waals surface area contributed by atoms with Crippen LogP contribution in [0.15, 0.2) is 84.9 Å². The average Bonchev–Trinajstić information content (AvgIpc) is 2.72. The van der Waals surface area contributed by atoms with E-state index in [1.54, 1.807) is 4.90 Å². The van der Waals surface area contributed by atoms with Crippen molar-refractivity contribution in [3.8, 4) is 0 Å². The van der Waals surface area contributed by atoms with Gasteiger partial charge in [-0.25, -0.2) is 0 Å². The molecule has 0 saturated heterocycles. The highest BCUT2D eigenvalue weighted by Crippen LogP contribution is 2.30. The van der Waals surface area contributed by atoms with E-state index in [0.717, 1.165) is 11.1 Å². The minimum atomic E-state index is -0.470. The SMILES string of the molecule is CCN(C(=O)c1ccc([N+](=O)[O-])cc1)C(c1ccccc1)c1ccccc1. The van der Waals surface area contributed by atoms with Crippen molar-refractivity contribution >= 4 is 11.6 Å². The van der Waals surface area contributed by atoms with Gasteiger partial charge in [-0.2, -0.15) is 0 Å². The highest BCUT2D eigenvalue weighted by molar-refractivity contribution is 5.95. The third-order valence-electron chi connectivity index (χ3n) is 4.47. The smallest absolute Gasteiger partial charge is 0.269 e. The Hall–Kier alpha value is -3.47. The van der Waals surface area contributed by atoms with E-state index in [-0.39, 0.29) is 17.6 Å². The van der Waals surface area contributed by atoms with Crippen molar-refractivity contribution in [3.05, 3.63) is 112 Å². The van der Waals surface area contributed by atoms with Gasteiger partial charge in [0.1, 0.15) is 0 Å². The van der Waals surface area contributed by atoms with Crippen molar-refractivity contribution in [1.82, 2.24) is 4.90 Å². The number of carbonyl (C=O) groups is 1. The van der Waals surface area contributed by atoms with Crippen molar-refractivity contribution in [1.29, 1.82) is 0 Å². The molecule has 0 saturated carbocycles. The fraction of sp³-hybridized carbons (Fsp3) is 0.136.